The second-order valence-electron chi connectivity index (χ2n) is 8.11. The van der Waals surface area contributed by atoms with E-state index >= 15 is 0 Å². The van der Waals surface area contributed by atoms with Crippen molar-refractivity contribution in [2.75, 3.05) is 0 Å². The third kappa shape index (κ3) is 4.33. The quantitative estimate of drug-likeness (QED) is 0.395. The first kappa shape index (κ1) is 23.5. The van der Waals surface area contributed by atoms with Gasteiger partial charge in [-0.3, -0.25) is 9.56 Å². The van der Waals surface area contributed by atoms with Crippen molar-refractivity contribution in [3.8, 4) is 5.69 Å². The van der Waals surface area contributed by atoms with Crippen molar-refractivity contribution in [3.05, 3.63) is 76.3 Å². The summed E-state index contributed by atoms with van der Waals surface area (Å²) in [6.45, 7) is -0.0231. The molecule has 11 nitrogen and oxygen atoms in total. The number of ether oxygens (including phenoxy) is 2. The van der Waals surface area contributed by atoms with Crippen molar-refractivity contribution in [1.29, 1.82) is 0 Å². The predicted octanol–water partition coefficient (Wildman–Crippen LogP) is 0.680. The Bertz CT molecular complexity index is 1280. The van der Waals surface area contributed by atoms with E-state index in [-0.39, 0.29) is 13.2 Å². The van der Waals surface area contributed by atoms with Crippen molar-refractivity contribution < 1.29 is 34.7 Å². The zero-order chi connectivity index (χ0) is 24.7. The lowest BCUT2D eigenvalue weighted by atomic mass is 9.99. The van der Waals surface area contributed by atoms with Crippen molar-refractivity contribution in [2.24, 2.45) is 4.99 Å². The molecule has 3 aromatic rings. The number of halogens is 1. The number of hydrogen-bond acceptors (Lipinski definition) is 9. The molecular formula is C23H21ClN4O7. The Balaban J connectivity index is 1.46. The molecule has 0 radical (unpaired) electrons. The average Bonchev–Trinajstić information content (AvgIpc) is 3.18. The van der Waals surface area contributed by atoms with E-state index < -0.39 is 36.7 Å². The fourth-order valence-corrected chi connectivity index (χ4v) is 4.32. The summed E-state index contributed by atoms with van der Waals surface area (Å²) in [6, 6.07) is 15.0. The molecule has 5 rings (SSSR count). The number of aliphatic hydroxyl groups excluding tert-OH is 3. The van der Waals surface area contributed by atoms with Gasteiger partial charge in [0.25, 0.3) is 0 Å². The highest BCUT2D eigenvalue weighted by atomic mass is 35.5. The monoisotopic (exact) mass is 500 g/mol. The molecule has 0 amide bonds. The lowest BCUT2D eigenvalue weighted by molar-refractivity contribution is -0.297. The van der Waals surface area contributed by atoms with Crippen LogP contribution >= 0.6 is 11.6 Å². The molecule has 3 unspecified atom stereocenters. The van der Waals surface area contributed by atoms with Crippen molar-refractivity contribution in [1.82, 2.24) is 14.8 Å². The summed E-state index contributed by atoms with van der Waals surface area (Å²) in [5.41, 5.74) is 3.09. The summed E-state index contributed by atoms with van der Waals surface area (Å²) in [4.78, 5) is 16.1. The third-order valence-electron chi connectivity index (χ3n) is 5.87. The molecule has 1 saturated heterocycles. The van der Waals surface area contributed by atoms with Crippen LogP contribution in [0.4, 0.5) is 0 Å². The van der Waals surface area contributed by atoms with Crippen LogP contribution in [0.3, 0.4) is 0 Å². The van der Waals surface area contributed by atoms with E-state index in [4.69, 9.17) is 26.1 Å². The molecule has 1 fully saturated rings. The Labute approximate surface area is 203 Å². The normalized spacial score (nSPS) is 25.8. The molecule has 182 valence electrons. The lowest BCUT2D eigenvalue weighted by Crippen LogP contribution is -2.60. The molecule has 4 N–H and O–H groups in total. The van der Waals surface area contributed by atoms with Gasteiger partial charge >= 0.3 is 5.97 Å². The standard InChI is InChI=1S/C23H21ClN4O7/c24-12-6-7-14-13(8-12)17(11-4-2-1-3-5-11)25-9-15-26-27-16(28(14)15)10-34-23-20(31)18(29)19(30)21(35-23)22(32)33/h1-8,18-21,23,29-31H,9-10H2,(H,32,33)/t18?,19-,20?,21?,23-/m1/s1. The molecule has 2 aliphatic rings. The van der Waals surface area contributed by atoms with Gasteiger partial charge in [-0.2, -0.15) is 0 Å². The molecule has 12 heteroatoms. The van der Waals surface area contributed by atoms with E-state index in [1.165, 1.54) is 0 Å². The van der Waals surface area contributed by atoms with Crippen LogP contribution in [0.2, 0.25) is 5.02 Å². The second-order valence-corrected chi connectivity index (χ2v) is 8.54. The summed E-state index contributed by atoms with van der Waals surface area (Å²) in [7, 11) is 0. The van der Waals surface area contributed by atoms with Crippen LogP contribution in [0.5, 0.6) is 0 Å². The van der Waals surface area contributed by atoms with Gasteiger partial charge in [0.2, 0.25) is 0 Å². The number of carboxylic acid groups (broad SMARTS) is 1. The summed E-state index contributed by atoms with van der Waals surface area (Å²) in [5, 5.41) is 48.3. The first-order valence-electron chi connectivity index (χ1n) is 10.7. The average molecular weight is 501 g/mol. The Kier molecular flexibility index (Phi) is 6.36. The van der Waals surface area contributed by atoms with E-state index in [0.29, 0.717) is 22.4 Å². The number of rotatable bonds is 5. The molecule has 3 heterocycles. The van der Waals surface area contributed by atoms with Crippen LogP contribution in [0.25, 0.3) is 5.69 Å². The highest BCUT2D eigenvalue weighted by Crippen LogP contribution is 2.29. The van der Waals surface area contributed by atoms with Gasteiger partial charge in [0.1, 0.15) is 31.5 Å². The Morgan fingerprint density at radius 1 is 1.09 bits per heavy atom. The number of aromatic nitrogens is 3. The van der Waals surface area contributed by atoms with Gasteiger partial charge in [-0.25, -0.2) is 4.79 Å². The minimum atomic E-state index is -1.81. The van der Waals surface area contributed by atoms with Crippen LogP contribution in [-0.4, -0.2) is 77.6 Å². The maximum atomic E-state index is 11.4. The number of benzene rings is 2. The molecular weight excluding hydrogens is 480 g/mol. The molecule has 2 aromatic carbocycles. The molecule has 35 heavy (non-hydrogen) atoms. The van der Waals surface area contributed by atoms with Gasteiger partial charge in [0, 0.05) is 16.1 Å². The van der Waals surface area contributed by atoms with Crippen molar-refractivity contribution in [2.45, 2.75) is 43.9 Å². The summed E-state index contributed by atoms with van der Waals surface area (Å²) < 4.78 is 12.5. The van der Waals surface area contributed by atoms with Gasteiger partial charge < -0.3 is 29.9 Å². The van der Waals surface area contributed by atoms with E-state index in [9.17, 15) is 25.2 Å². The number of aliphatic imine (C=N–C) groups is 1. The largest absolute Gasteiger partial charge is 0.479 e. The number of hydrogen-bond donors (Lipinski definition) is 4. The second kappa shape index (κ2) is 9.46. The third-order valence-corrected chi connectivity index (χ3v) is 6.10. The van der Waals surface area contributed by atoms with Crippen molar-refractivity contribution >= 4 is 23.3 Å². The smallest absolute Gasteiger partial charge is 0.335 e. The maximum absolute atomic E-state index is 11.4. The SMILES string of the molecule is O=C(O)C1O[C@@H](OCc2nnc3n2-c2ccc(Cl)cc2C(c2ccccc2)=NC3)C(O)C(O)[C@H]1O. The van der Waals surface area contributed by atoms with E-state index in [0.717, 1.165) is 16.8 Å². The number of aliphatic carboxylic acids is 1. The van der Waals surface area contributed by atoms with Gasteiger partial charge in [-0.15, -0.1) is 10.2 Å². The first-order valence-corrected chi connectivity index (χ1v) is 11.1. The van der Waals surface area contributed by atoms with E-state index in [2.05, 4.69) is 10.2 Å². The highest BCUT2D eigenvalue weighted by Gasteiger charge is 2.47. The van der Waals surface area contributed by atoms with Crippen LogP contribution < -0.4 is 0 Å². The van der Waals surface area contributed by atoms with E-state index in [1.54, 1.807) is 16.7 Å². The highest BCUT2D eigenvalue weighted by molar-refractivity contribution is 6.31. The molecule has 0 bridgehead atoms. The van der Waals surface area contributed by atoms with E-state index in [1.807, 2.05) is 36.4 Å². The minimum Gasteiger partial charge on any atom is -0.479 e. The van der Waals surface area contributed by atoms with Gasteiger partial charge in [0.15, 0.2) is 24.0 Å². The Morgan fingerprint density at radius 3 is 2.60 bits per heavy atom. The fraction of sp³-hybridized carbons (Fsp3) is 0.304. The Morgan fingerprint density at radius 2 is 1.86 bits per heavy atom. The van der Waals surface area contributed by atoms with Crippen LogP contribution in [0, 0.1) is 0 Å². The zero-order valence-electron chi connectivity index (χ0n) is 18.1. The lowest BCUT2D eigenvalue weighted by Gasteiger charge is -2.38. The molecule has 0 saturated carbocycles. The fourth-order valence-electron chi connectivity index (χ4n) is 4.14. The van der Waals surface area contributed by atoms with Crippen LogP contribution in [0.15, 0.2) is 53.5 Å². The Hall–Kier alpha value is -3.19. The molecule has 2 aliphatic heterocycles. The maximum Gasteiger partial charge on any atom is 0.335 e. The number of carbonyl (C=O) groups is 1. The number of nitrogens with zero attached hydrogens (tertiary/aromatic N) is 4. The summed E-state index contributed by atoms with van der Waals surface area (Å²) in [6.07, 6.45) is -8.54. The number of aliphatic hydroxyl groups is 3. The van der Waals surface area contributed by atoms with Crippen LogP contribution in [-0.2, 0) is 27.4 Å². The predicted molar refractivity (Wildman–Crippen MR) is 121 cm³/mol. The molecule has 0 aliphatic carbocycles. The molecule has 5 atom stereocenters. The van der Waals surface area contributed by atoms with Gasteiger partial charge in [-0.1, -0.05) is 41.9 Å². The van der Waals surface area contributed by atoms with Crippen LogP contribution in [0.1, 0.15) is 22.8 Å². The van der Waals surface area contributed by atoms with Gasteiger partial charge in [0.05, 0.1) is 11.4 Å². The van der Waals surface area contributed by atoms with Gasteiger partial charge in [-0.05, 0) is 18.2 Å². The van der Waals surface area contributed by atoms with Crippen molar-refractivity contribution in [3.63, 3.8) is 0 Å². The number of fused-ring (bicyclic) bond motifs is 3. The first-order chi connectivity index (χ1) is 16.8. The zero-order valence-corrected chi connectivity index (χ0v) is 18.9. The minimum absolute atomic E-state index is 0.220. The number of carboxylic acids is 1. The molecule has 0 spiro atoms. The summed E-state index contributed by atoms with van der Waals surface area (Å²) >= 11 is 6.31. The molecule has 1 aromatic heterocycles. The summed E-state index contributed by atoms with van der Waals surface area (Å²) in [5.74, 6) is -0.636. The topological polar surface area (TPSA) is 160 Å².